The topological polar surface area (TPSA) is 41.4 Å². The molecule has 0 unspecified atom stereocenters. The van der Waals surface area contributed by atoms with E-state index in [2.05, 4.69) is 15.6 Å². The van der Waals surface area contributed by atoms with Gasteiger partial charge in [0, 0.05) is 38.4 Å². The molecule has 1 aliphatic heterocycles. The SMILES string of the molecule is CN(C)c1cccc(C(=O)N2CC[C@H](n3cnc4ccccc43)C2)c1. The molecule has 0 N–H and O–H groups in total. The van der Waals surface area contributed by atoms with E-state index in [0.717, 1.165) is 41.8 Å². The average Bonchev–Trinajstić information content (AvgIpc) is 3.28. The first-order chi connectivity index (χ1) is 12.1. The van der Waals surface area contributed by atoms with Crippen LogP contribution >= 0.6 is 0 Å². The number of imidazole rings is 1. The first-order valence-electron chi connectivity index (χ1n) is 8.62. The third kappa shape index (κ3) is 2.86. The number of fused-ring (bicyclic) bond motifs is 1. The summed E-state index contributed by atoms with van der Waals surface area (Å²) in [5.41, 5.74) is 3.94. The minimum Gasteiger partial charge on any atom is -0.378 e. The van der Waals surface area contributed by atoms with Crippen molar-refractivity contribution in [1.29, 1.82) is 0 Å². The Kier molecular flexibility index (Phi) is 3.92. The van der Waals surface area contributed by atoms with E-state index >= 15 is 0 Å². The lowest BCUT2D eigenvalue weighted by atomic mass is 10.1. The molecule has 0 spiro atoms. The highest BCUT2D eigenvalue weighted by atomic mass is 16.2. The van der Waals surface area contributed by atoms with Crippen molar-refractivity contribution >= 4 is 22.6 Å². The van der Waals surface area contributed by atoms with E-state index in [4.69, 9.17) is 0 Å². The second kappa shape index (κ2) is 6.24. The molecule has 0 bridgehead atoms. The fourth-order valence-electron chi connectivity index (χ4n) is 3.52. The van der Waals surface area contributed by atoms with Gasteiger partial charge in [-0.2, -0.15) is 0 Å². The summed E-state index contributed by atoms with van der Waals surface area (Å²) in [4.78, 5) is 21.3. The normalized spacial score (nSPS) is 17.2. The minimum absolute atomic E-state index is 0.107. The number of benzene rings is 2. The van der Waals surface area contributed by atoms with Crippen LogP contribution in [0.15, 0.2) is 54.9 Å². The number of likely N-dealkylation sites (tertiary alicyclic amines) is 1. The van der Waals surface area contributed by atoms with Gasteiger partial charge in [0.15, 0.2) is 0 Å². The van der Waals surface area contributed by atoms with Crippen molar-refractivity contribution in [3.05, 3.63) is 60.4 Å². The molecule has 0 radical (unpaired) electrons. The minimum atomic E-state index is 0.107. The summed E-state index contributed by atoms with van der Waals surface area (Å²) in [7, 11) is 3.97. The Hall–Kier alpha value is -2.82. The summed E-state index contributed by atoms with van der Waals surface area (Å²) in [6, 6.07) is 16.3. The summed E-state index contributed by atoms with van der Waals surface area (Å²) in [5, 5.41) is 0. The molecule has 5 heteroatoms. The van der Waals surface area contributed by atoms with E-state index in [1.807, 2.05) is 72.7 Å². The predicted molar refractivity (Wildman–Crippen MR) is 100 cm³/mol. The molecule has 25 heavy (non-hydrogen) atoms. The molecule has 0 saturated carbocycles. The number of carbonyl (C=O) groups excluding carboxylic acids is 1. The second-order valence-electron chi connectivity index (χ2n) is 6.78. The second-order valence-corrected chi connectivity index (χ2v) is 6.78. The maximum atomic E-state index is 12.9. The fraction of sp³-hybridized carbons (Fsp3) is 0.300. The van der Waals surface area contributed by atoms with E-state index in [1.54, 1.807) is 0 Å². The Balaban J connectivity index is 1.54. The van der Waals surface area contributed by atoms with Gasteiger partial charge in [0.25, 0.3) is 5.91 Å². The van der Waals surface area contributed by atoms with Crippen molar-refractivity contribution < 1.29 is 4.79 Å². The number of hydrogen-bond donors (Lipinski definition) is 0. The van der Waals surface area contributed by atoms with Gasteiger partial charge in [-0.3, -0.25) is 4.79 Å². The Labute approximate surface area is 147 Å². The molecule has 1 aliphatic rings. The zero-order chi connectivity index (χ0) is 17.4. The number of hydrogen-bond acceptors (Lipinski definition) is 3. The maximum absolute atomic E-state index is 12.9. The van der Waals surface area contributed by atoms with Crippen LogP contribution in [0.5, 0.6) is 0 Å². The van der Waals surface area contributed by atoms with E-state index in [9.17, 15) is 4.79 Å². The lowest BCUT2D eigenvalue weighted by Crippen LogP contribution is -2.29. The van der Waals surface area contributed by atoms with Gasteiger partial charge < -0.3 is 14.4 Å². The molecule has 0 aliphatic carbocycles. The quantitative estimate of drug-likeness (QED) is 0.739. The van der Waals surface area contributed by atoms with Gasteiger partial charge in [-0.25, -0.2) is 4.98 Å². The zero-order valence-corrected chi connectivity index (χ0v) is 14.6. The molecule has 2 heterocycles. The van der Waals surface area contributed by atoms with Crippen LogP contribution in [0.2, 0.25) is 0 Å². The largest absolute Gasteiger partial charge is 0.378 e. The Morgan fingerprint density at radius 3 is 2.84 bits per heavy atom. The number of amides is 1. The molecule has 1 atom stereocenters. The van der Waals surface area contributed by atoms with Crippen LogP contribution in [-0.4, -0.2) is 47.5 Å². The average molecular weight is 334 g/mol. The number of carbonyl (C=O) groups is 1. The van der Waals surface area contributed by atoms with Crippen molar-refractivity contribution in [3.8, 4) is 0 Å². The molecule has 5 nitrogen and oxygen atoms in total. The molecular weight excluding hydrogens is 312 g/mol. The smallest absolute Gasteiger partial charge is 0.254 e. The molecule has 1 saturated heterocycles. The number of para-hydroxylation sites is 2. The number of aromatic nitrogens is 2. The molecule has 1 fully saturated rings. The van der Waals surface area contributed by atoms with Gasteiger partial charge >= 0.3 is 0 Å². The summed E-state index contributed by atoms with van der Waals surface area (Å²) in [6.45, 7) is 1.51. The van der Waals surface area contributed by atoms with Gasteiger partial charge in [0.05, 0.1) is 23.4 Å². The van der Waals surface area contributed by atoms with Gasteiger partial charge in [0.2, 0.25) is 0 Å². The van der Waals surface area contributed by atoms with Gasteiger partial charge in [-0.05, 0) is 36.8 Å². The van der Waals surface area contributed by atoms with Crippen molar-refractivity contribution in [2.45, 2.75) is 12.5 Å². The highest BCUT2D eigenvalue weighted by Crippen LogP contribution is 2.27. The van der Waals surface area contributed by atoms with Crippen LogP contribution in [-0.2, 0) is 0 Å². The van der Waals surface area contributed by atoms with Crippen molar-refractivity contribution in [2.75, 3.05) is 32.1 Å². The van der Waals surface area contributed by atoms with Gasteiger partial charge in [-0.1, -0.05) is 18.2 Å². The van der Waals surface area contributed by atoms with Crippen LogP contribution in [0.3, 0.4) is 0 Å². The molecule has 1 aromatic heterocycles. The van der Waals surface area contributed by atoms with Crippen molar-refractivity contribution in [1.82, 2.24) is 14.5 Å². The Morgan fingerprint density at radius 1 is 1.16 bits per heavy atom. The van der Waals surface area contributed by atoms with E-state index in [-0.39, 0.29) is 11.9 Å². The van der Waals surface area contributed by atoms with E-state index < -0.39 is 0 Å². The first kappa shape index (κ1) is 15.7. The van der Waals surface area contributed by atoms with Crippen molar-refractivity contribution in [3.63, 3.8) is 0 Å². The molecule has 128 valence electrons. The van der Waals surface area contributed by atoms with Crippen molar-refractivity contribution in [2.24, 2.45) is 0 Å². The van der Waals surface area contributed by atoms with Crippen LogP contribution in [0, 0.1) is 0 Å². The number of rotatable bonds is 3. The predicted octanol–water partition coefficient (Wildman–Crippen LogP) is 3.19. The van der Waals surface area contributed by atoms with Gasteiger partial charge in [0.1, 0.15) is 0 Å². The monoisotopic (exact) mass is 334 g/mol. The number of anilines is 1. The molecule has 1 amide bonds. The molecule has 4 rings (SSSR count). The van der Waals surface area contributed by atoms with E-state index in [0.29, 0.717) is 0 Å². The lowest BCUT2D eigenvalue weighted by molar-refractivity contribution is 0.0788. The highest BCUT2D eigenvalue weighted by Gasteiger charge is 2.28. The summed E-state index contributed by atoms with van der Waals surface area (Å²) in [5.74, 6) is 0.107. The first-order valence-corrected chi connectivity index (χ1v) is 8.62. The summed E-state index contributed by atoms with van der Waals surface area (Å²) < 4.78 is 2.21. The molecule has 2 aromatic carbocycles. The van der Waals surface area contributed by atoms with Crippen LogP contribution in [0.1, 0.15) is 22.8 Å². The summed E-state index contributed by atoms with van der Waals surface area (Å²) >= 11 is 0. The highest BCUT2D eigenvalue weighted by molar-refractivity contribution is 5.95. The van der Waals surface area contributed by atoms with Crippen LogP contribution < -0.4 is 4.90 Å². The third-order valence-corrected chi connectivity index (χ3v) is 4.93. The Morgan fingerprint density at radius 2 is 2.00 bits per heavy atom. The van der Waals surface area contributed by atoms with Gasteiger partial charge in [-0.15, -0.1) is 0 Å². The molecular formula is C20H22N4O. The Bertz CT molecular complexity index is 915. The number of nitrogens with zero attached hydrogens (tertiary/aromatic N) is 4. The zero-order valence-electron chi connectivity index (χ0n) is 14.6. The maximum Gasteiger partial charge on any atom is 0.254 e. The fourth-order valence-corrected chi connectivity index (χ4v) is 3.52. The third-order valence-electron chi connectivity index (χ3n) is 4.93. The standard InChI is InChI=1S/C20H22N4O/c1-22(2)16-7-5-6-15(12-16)20(25)23-11-10-17(13-23)24-14-21-18-8-3-4-9-19(18)24/h3-9,12,14,17H,10-11,13H2,1-2H3/t17-/m0/s1. The van der Waals surface area contributed by atoms with Crippen LogP contribution in [0.25, 0.3) is 11.0 Å². The lowest BCUT2D eigenvalue weighted by Gasteiger charge is -2.19. The van der Waals surface area contributed by atoms with Crippen LogP contribution in [0.4, 0.5) is 5.69 Å². The van der Waals surface area contributed by atoms with E-state index in [1.165, 1.54) is 0 Å². The molecule has 3 aromatic rings. The summed E-state index contributed by atoms with van der Waals surface area (Å²) in [6.07, 6.45) is 2.86.